The number of esters is 1. The van der Waals surface area contributed by atoms with Crippen molar-refractivity contribution >= 4 is 5.97 Å². The SMILES string of the molecule is CCOC(=O)CNCc1ccccc1C. The number of carbonyl (C=O) groups excluding carboxylic acids is 1. The summed E-state index contributed by atoms with van der Waals surface area (Å²) in [6.07, 6.45) is 0. The van der Waals surface area contributed by atoms with Gasteiger partial charge in [-0.05, 0) is 25.0 Å². The van der Waals surface area contributed by atoms with E-state index in [1.54, 1.807) is 6.92 Å². The largest absolute Gasteiger partial charge is 0.465 e. The molecule has 0 saturated heterocycles. The third-order valence-electron chi connectivity index (χ3n) is 2.15. The minimum absolute atomic E-state index is 0.203. The van der Waals surface area contributed by atoms with Gasteiger partial charge in [-0.25, -0.2) is 0 Å². The molecule has 0 radical (unpaired) electrons. The first-order valence-electron chi connectivity index (χ1n) is 5.15. The van der Waals surface area contributed by atoms with E-state index in [4.69, 9.17) is 4.74 Å². The smallest absolute Gasteiger partial charge is 0.319 e. The highest BCUT2D eigenvalue weighted by Crippen LogP contribution is 2.05. The Morgan fingerprint density at radius 3 is 2.80 bits per heavy atom. The summed E-state index contributed by atoms with van der Waals surface area (Å²) in [5.41, 5.74) is 2.44. The van der Waals surface area contributed by atoms with Crippen molar-refractivity contribution in [3.05, 3.63) is 35.4 Å². The first kappa shape index (κ1) is 11.7. The predicted molar refractivity (Wildman–Crippen MR) is 59.5 cm³/mol. The zero-order valence-electron chi connectivity index (χ0n) is 9.25. The summed E-state index contributed by atoms with van der Waals surface area (Å²) < 4.78 is 4.81. The molecule has 0 bridgehead atoms. The fourth-order valence-corrected chi connectivity index (χ4v) is 1.32. The highest BCUT2D eigenvalue weighted by molar-refractivity contribution is 5.71. The van der Waals surface area contributed by atoms with E-state index in [1.807, 2.05) is 18.2 Å². The van der Waals surface area contributed by atoms with Crippen molar-refractivity contribution in [2.75, 3.05) is 13.2 Å². The Hall–Kier alpha value is -1.35. The lowest BCUT2D eigenvalue weighted by Crippen LogP contribution is -2.24. The van der Waals surface area contributed by atoms with Crippen LogP contribution in [0, 0.1) is 6.92 Å². The van der Waals surface area contributed by atoms with E-state index in [1.165, 1.54) is 11.1 Å². The van der Waals surface area contributed by atoms with Gasteiger partial charge in [-0.2, -0.15) is 0 Å². The summed E-state index contributed by atoms with van der Waals surface area (Å²) in [5.74, 6) is -0.203. The van der Waals surface area contributed by atoms with Crippen LogP contribution in [0.4, 0.5) is 0 Å². The molecule has 1 rings (SSSR count). The van der Waals surface area contributed by atoms with Crippen LogP contribution < -0.4 is 5.32 Å². The Labute approximate surface area is 90.4 Å². The summed E-state index contributed by atoms with van der Waals surface area (Å²) in [7, 11) is 0. The van der Waals surface area contributed by atoms with Crippen LogP contribution in [-0.2, 0) is 16.1 Å². The van der Waals surface area contributed by atoms with E-state index >= 15 is 0 Å². The summed E-state index contributed by atoms with van der Waals surface area (Å²) >= 11 is 0. The van der Waals surface area contributed by atoms with E-state index in [-0.39, 0.29) is 12.5 Å². The molecule has 3 heteroatoms. The Morgan fingerprint density at radius 1 is 1.40 bits per heavy atom. The first-order valence-corrected chi connectivity index (χ1v) is 5.15. The van der Waals surface area contributed by atoms with Gasteiger partial charge in [0.15, 0.2) is 0 Å². The second-order valence-electron chi connectivity index (χ2n) is 3.34. The van der Waals surface area contributed by atoms with E-state index < -0.39 is 0 Å². The molecule has 0 aliphatic carbocycles. The Kier molecular flexibility index (Phi) is 4.84. The lowest BCUT2D eigenvalue weighted by molar-refractivity contribution is -0.142. The number of rotatable bonds is 5. The van der Waals surface area contributed by atoms with Gasteiger partial charge < -0.3 is 10.1 Å². The average Bonchev–Trinajstić information content (AvgIpc) is 2.21. The number of benzene rings is 1. The summed E-state index contributed by atoms with van der Waals surface area (Å²) in [5, 5.41) is 3.05. The normalized spacial score (nSPS) is 10.0. The second-order valence-corrected chi connectivity index (χ2v) is 3.34. The molecule has 0 spiro atoms. The molecule has 0 fully saturated rings. The van der Waals surface area contributed by atoms with Crippen LogP contribution in [0.1, 0.15) is 18.1 Å². The molecule has 1 N–H and O–H groups in total. The van der Waals surface area contributed by atoms with Gasteiger partial charge in [-0.3, -0.25) is 4.79 Å². The van der Waals surface area contributed by atoms with Crippen LogP contribution in [0.2, 0.25) is 0 Å². The van der Waals surface area contributed by atoms with Crippen molar-refractivity contribution in [2.24, 2.45) is 0 Å². The summed E-state index contributed by atoms with van der Waals surface area (Å²) in [6.45, 7) is 5.26. The zero-order chi connectivity index (χ0) is 11.1. The summed E-state index contributed by atoms with van der Waals surface area (Å²) in [6, 6.07) is 8.10. The van der Waals surface area contributed by atoms with Crippen molar-refractivity contribution in [1.29, 1.82) is 0 Å². The molecule has 0 atom stereocenters. The maximum atomic E-state index is 11.0. The number of carbonyl (C=O) groups is 1. The molecular formula is C12H17NO2. The fraction of sp³-hybridized carbons (Fsp3) is 0.417. The Bertz CT molecular complexity index is 323. The van der Waals surface area contributed by atoms with Gasteiger partial charge >= 0.3 is 5.97 Å². The van der Waals surface area contributed by atoms with Crippen molar-refractivity contribution in [2.45, 2.75) is 20.4 Å². The van der Waals surface area contributed by atoms with Crippen LogP contribution in [-0.4, -0.2) is 19.1 Å². The number of ether oxygens (including phenoxy) is 1. The van der Waals surface area contributed by atoms with Crippen LogP contribution in [0.5, 0.6) is 0 Å². The van der Waals surface area contributed by atoms with Gasteiger partial charge in [0.2, 0.25) is 0 Å². The number of aryl methyl sites for hydroxylation is 1. The lowest BCUT2D eigenvalue weighted by atomic mass is 10.1. The van der Waals surface area contributed by atoms with E-state index in [0.717, 1.165) is 0 Å². The van der Waals surface area contributed by atoms with Gasteiger partial charge in [-0.15, -0.1) is 0 Å². The van der Waals surface area contributed by atoms with Gasteiger partial charge in [0.25, 0.3) is 0 Å². The van der Waals surface area contributed by atoms with Gasteiger partial charge in [0.05, 0.1) is 13.2 Å². The number of hydrogen-bond acceptors (Lipinski definition) is 3. The highest BCUT2D eigenvalue weighted by atomic mass is 16.5. The molecule has 82 valence electrons. The van der Waals surface area contributed by atoms with E-state index in [9.17, 15) is 4.79 Å². The van der Waals surface area contributed by atoms with Gasteiger partial charge in [0.1, 0.15) is 0 Å². The zero-order valence-corrected chi connectivity index (χ0v) is 9.25. The number of nitrogens with one attached hydrogen (secondary N) is 1. The molecule has 3 nitrogen and oxygen atoms in total. The summed E-state index contributed by atoms with van der Waals surface area (Å²) in [4.78, 5) is 11.0. The molecule has 1 aromatic rings. The van der Waals surface area contributed by atoms with Crippen molar-refractivity contribution in [3.8, 4) is 0 Å². The van der Waals surface area contributed by atoms with Crippen LogP contribution >= 0.6 is 0 Å². The van der Waals surface area contributed by atoms with Crippen LogP contribution in [0.15, 0.2) is 24.3 Å². The average molecular weight is 207 g/mol. The lowest BCUT2D eigenvalue weighted by Gasteiger charge is -2.06. The fourth-order valence-electron chi connectivity index (χ4n) is 1.32. The molecule has 0 saturated carbocycles. The van der Waals surface area contributed by atoms with Crippen molar-refractivity contribution in [3.63, 3.8) is 0 Å². The molecule has 0 aromatic heterocycles. The molecule has 1 aromatic carbocycles. The predicted octanol–water partition coefficient (Wildman–Crippen LogP) is 1.65. The van der Waals surface area contributed by atoms with Crippen LogP contribution in [0.3, 0.4) is 0 Å². The third-order valence-corrected chi connectivity index (χ3v) is 2.15. The highest BCUT2D eigenvalue weighted by Gasteiger charge is 2.01. The Balaban J connectivity index is 2.32. The molecule has 0 unspecified atom stereocenters. The number of hydrogen-bond donors (Lipinski definition) is 1. The molecule has 15 heavy (non-hydrogen) atoms. The van der Waals surface area contributed by atoms with Crippen molar-refractivity contribution in [1.82, 2.24) is 5.32 Å². The molecule has 0 aliphatic rings. The van der Waals surface area contributed by atoms with E-state index in [0.29, 0.717) is 13.2 Å². The molecule has 0 heterocycles. The maximum absolute atomic E-state index is 11.0. The topological polar surface area (TPSA) is 38.3 Å². The molecule has 0 amide bonds. The first-order chi connectivity index (χ1) is 7.24. The minimum Gasteiger partial charge on any atom is -0.465 e. The van der Waals surface area contributed by atoms with Crippen LogP contribution in [0.25, 0.3) is 0 Å². The second kappa shape index (κ2) is 6.19. The molecule has 0 aliphatic heterocycles. The van der Waals surface area contributed by atoms with E-state index in [2.05, 4.69) is 18.3 Å². The minimum atomic E-state index is -0.203. The van der Waals surface area contributed by atoms with Gasteiger partial charge in [0, 0.05) is 6.54 Å². The van der Waals surface area contributed by atoms with Crippen molar-refractivity contribution < 1.29 is 9.53 Å². The van der Waals surface area contributed by atoms with Gasteiger partial charge in [-0.1, -0.05) is 24.3 Å². The quantitative estimate of drug-likeness (QED) is 0.746. The Morgan fingerprint density at radius 2 is 2.13 bits per heavy atom. The monoisotopic (exact) mass is 207 g/mol. The standard InChI is InChI=1S/C12H17NO2/c1-3-15-12(14)9-13-8-11-7-5-4-6-10(11)2/h4-7,13H,3,8-9H2,1-2H3. The molecular weight excluding hydrogens is 190 g/mol. The maximum Gasteiger partial charge on any atom is 0.319 e. The third kappa shape index (κ3) is 4.13.